The third-order valence-corrected chi connectivity index (χ3v) is 5.26. The average Bonchev–Trinajstić information content (AvgIpc) is 3.00. The number of carbonyl (C=O) groups excluding carboxylic acids is 1. The van der Waals surface area contributed by atoms with Crippen LogP contribution in [-0.4, -0.2) is 35.1 Å². The maximum atomic E-state index is 13.6. The van der Waals surface area contributed by atoms with E-state index in [0.717, 1.165) is 18.7 Å². The van der Waals surface area contributed by atoms with Gasteiger partial charge in [0.05, 0.1) is 24.1 Å². The van der Waals surface area contributed by atoms with Crippen LogP contribution in [0.3, 0.4) is 0 Å². The topological polar surface area (TPSA) is 109 Å². The molecule has 30 heavy (non-hydrogen) atoms. The summed E-state index contributed by atoms with van der Waals surface area (Å²) in [4.78, 5) is 23.1. The fourth-order valence-electron chi connectivity index (χ4n) is 3.58. The Morgan fingerprint density at radius 1 is 1.30 bits per heavy atom. The van der Waals surface area contributed by atoms with E-state index in [9.17, 15) is 9.18 Å². The number of nitrogens with two attached hydrogens (primary N) is 1. The van der Waals surface area contributed by atoms with Gasteiger partial charge in [0.25, 0.3) is 0 Å². The highest BCUT2D eigenvalue weighted by Crippen LogP contribution is 2.33. The number of aromatic nitrogens is 2. The summed E-state index contributed by atoms with van der Waals surface area (Å²) >= 11 is 0. The number of halogens is 1. The van der Waals surface area contributed by atoms with Crippen molar-refractivity contribution in [3.8, 4) is 0 Å². The maximum Gasteiger partial charge on any atom is 0.319 e. The molecule has 0 spiro atoms. The van der Waals surface area contributed by atoms with Crippen LogP contribution in [0.25, 0.3) is 11.0 Å². The van der Waals surface area contributed by atoms with Gasteiger partial charge in [-0.2, -0.15) is 0 Å². The van der Waals surface area contributed by atoms with Crippen LogP contribution >= 0.6 is 0 Å². The minimum atomic E-state index is -0.401. The summed E-state index contributed by atoms with van der Waals surface area (Å²) in [5.41, 5.74) is 7.65. The minimum Gasteiger partial charge on any atom is -0.459 e. The summed E-state index contributed by atoms with van der Waals surface area (Å²) < 4.78 is 19.6. The number of amides is 2. The van der Waals surface area contributed by atoms with Gasteiger partial charge < -0.3 is 25.7 Å². The molecule has 1 aliphatic rings. The highest BCUT2D eigenvalue weighted by molar-refractivity contribution is 5.89. The third kappa shape index (κ3) is 3.93. The highest BCUT2D eigenvalue weighted by Gasteiger charge is 2.26. The first kappa shape index (κ1) is 20.1. The van der Waals surface area contributed by atoms with Gasteiger partial charge in [0.1, 0.15) is 17.2 Å². The molecular formula is C21H25FN6O2. The number of hydrogen-bond donors (Lipinski definition) is 3. The highest BCUT2D eigenvalue weighted by atomic mass is 19.1. The number of aryl methyl sites for hydroxylation is 1. The molecule has 4 rings (SSSR count). The van der Waals surface area contributed by atoms with E-state index in [2.05, 4.69) is 20.6 Å². The lowest BCUT2D eigenvalue weighted by molar-refractivity contribution is 0.241. The molecule has 0 radical (unpaired) electrons. The van der Waals surface area contributed by atoms with Crippen molar-refractivity contribution in [2.24, 2.45) is 11.7 Å². The predicted octanol–water partition coefficient (Wildman–Crippen LogP) is 3.34. The van der Waals surface area contributed by atoms with Crippen LogP contribution in [0.1, 0.15) is 31.2 Å². The minimum absolute atomic E-state index is 0.0501. The van der Waals surface area contributed by atoms with E-state index < -0.39 is 6.03 Å². The number of rotatable bonds is 5. The van der Waals surface area contributed by atoms with Crippen LogP contribution in [0, 0.1) is 18.7 Å². The fraction of sp³-hybridized carbons (Fsp3) is 0.381. The molecule has 0 unspecified atom stereocenters. The summed E-state index contributed by atoms with van der Waals surface area (Å²) in [6.45, 7) is 7.28. The molecule has 0 saturated carbocycles. The van der Waals surface area contributed by atoms with Crippen molar-refractivity contribution < 1.29 is 13.6 Å². The van der Waals surface area contributed by atoms with Gasteiger partial charge in [0.15, 0.2) is 0 Å². The molecule has 1 fully saturated rings. The number of nitrogens with one attached hydrogen (secondary N) is 2. The normalized spacial score (nSPS) is 15.3. The van der Waals surface area contributed by atoms with Crippen LogP contribution in [0.5, 0.6) is 0 Å². The standard InChI is InChI=1S/C21H25FN6O2/c1-11(2)18(19-12(3)16-6-13(22)4-5-17(16)30-19)27-21(29)26-15-7-24-20(25-8-15)28-9-14(23)10-28/h4-8,11,14,18H,9-10,23H2,1-3H3,(H2,26,27,29)/t18-/m1/s1. The zero-order valence-corrected chi connectivity index (χ0v) is 17.1. The Morgan fingerprint density at radius 3 is 2.63 bits per heavy atom. The van der Waals surface area contributed by atoms with E-state index >= 15 is 0 Å². The molecule has 3 heterocycles. The molecular weight excluding hydrogens is 387 g/mol. The number of hydrogen-bond acceptors (Lipinski definition) is 6. The number of carbonyl (C=O) groups is 1. The van der Waals surface area contributed by atoms with Crippen molar-refractivity contribution in [1.82, 2.24) is 15.3 Å². The number of urea groups is 1. The Labute approximate surface area is 173 Å². The smallest absolute Gasteiger partial charge is 0.319 e. The molecule has 1 aromatic carbocycles. The lowest BCUT2D eigenvalue weighted by Crippen LogP contribution is -2.56. The largest absolute Gasteiger partial charge is 0.459 e. The van der Waals surface area contributed by atoms with E-state index in [1.54, 1.807) is 18.5 Å². The van der Waals surface area contributed by atoms with Crippen molar-refractivity contribution in [3.63, 3.8) is 0 Å². The second-order valence-electron chi connectivity index (χ2n) is 7.99. The van der Waals surface area contributed by atoms with Gasteiger partial charge in [-0.25, -0.2) is 19.2 Å². The lowest BCUT2D eigenvalue weighted by atomic mass is 9.98. The number of nitrogens with zero attached hydrogens (tertiary/aromatic N) is 3. The summed E-state index contributed by atoms with van der Waals surface area (Å²) in [6.07, 6.45) is 3.12. The molecule has 3 aromatic rings. The Hall–Kier alpha value is -3.20. The van der Waals surface area contributed by atoms with Gasteiger partial charge in [-0.15, -0.1) is 0 Å². The van der Waals surface area contributed by atoms with Gasteiger partial charge >= 0.3 is 6.03 Å². The van der Waals surface area contributed by atoms with E-state index in [4.69, 9.17) is 10.2 Å². The van der Waals surface area contributed by atoms with Gasteiger partial charge in [0.2, 0.25) is 5.95 Å². The monoisotopic (exact) mass is 412 g/mol. The molecule has 1 aliphatic heterocycles. The molecule has 2 aromatic heterocycles. The van der Waals surface area contributed by atoms with Crippen LogP contribution in [-0.2, 0) is 0 Å². The van der Waals surface area contributed by atoms with Crippen molar-refractivity contribution in [1.29, 1.82) is 0 Å². The molecule has 4 N–H and O–H groups in total. The number of benzene rings is 1. The first-order chi connectivity index (χ1) is 14.3. The van der Waals surface area contributed by atoms with E-state index in [1.807, 2.05) is 25.7 Å². The lowest BCUT2D eigenvalue weighted by Gasteiger charge is -2.36. The second kappa shape index (κ2) is 7.91. The van der Waals surface area contributed by atoms with E-state index in [1.165, 1.54) is 12.1 Å². The van der Waals surface area contributed by atoms with Crippen molar-refractivity contribution in [2.45, 2.75) is 32.9 Å². The zero-order chi connectivity index (χ0) is 21.4. The van der Waals surface area contributed by atoms with Crippen molar-refractivity contribution in [3.05, 3.63) is 47.7 Å². The van der Waals surface area contributed by atoms with Crippen LogP contribution in [0.2, 0.25) is 0 Å². The van der Waals surface area contributed by atoms with Crippen molar-refractivity contribution >= 4 is 28.6 Å². The summed E-state index contributed by atoms with van der Waals surface area (Å²) in [6, 6.07) is 3.77. The SMILES string of the molecule is Cc1c([C@H](NC(=O)Nc2cnc(N3CC(N)C3)nc2)C(C)C)oc2ccc(F)cc12. The number of fused-ring (bicyclic) bond motifs is 1. The molecule has 0 aliphatic carbocycles. The Bertz CT molecular complexity index is 1060. The van der Waals surface area contributed by atoms with Gasteiger partial charge in [-0.1, -0.05) is 13.8 Å². The molecule has 1 atom stereocenters. The first-order valence-electron chi connectivity index (χ1n) is 9.90. The number of furan rings is 1. The fourth-order valence-corrected chi connectivity index (χ4v) is 3.58. The van der Waals surface area contributed by atoms with E-state index in [-0.39, 0.29) is 23.8 Å². The van der Waals surface area contributed by atoms with Gasteiger partial charge in [-0.05, 0) is 31.0 Å². The Balaban J connectivity index is 1.47. The zero-order valence-electron chi connectivity index (χ0n) is 17.1. The molecule has 8 nitrogen and oxygen atoms in total. The Morgan fingerprint density at radius 2 is 2.00 bits per heavy atom. The van der Waals surface area contributed by atoms with Gasteiger partial charge in [-0.3, -0.25) is 0 Å². The van der Waals surface area contributed by atoms with Crippen molar-refractivity contribution in [2.75, 3.05) is 23.3 Å². The Kier molecular flexibility index (Phi) is 5.29. The average molecular weight is 412 g/mol. The predicted molar refractivity (Wildman–Crippen MR) is 113 cm³/mol. The summed E-state index contributed by atoms with van der Waals surface area (Å²) in [7, 11) is 0. The first-order valence-corrected chi connectivity index (χ1v) is 9.90. The summed E-state index contributed by atoms with van der Waals surface area (Å²) in [5, 5.41) is 6.39. The quantitative estimate of drug-likeness (QED) is 0.593. The van der Waals surface area contributed by atoms with Crippen LogP contribution in [0.15, 0.2) is 35.0 Å². The number of anilines is 2. The molecule has 9 heteroatoms. The van der Waals surface area contributed by atoms with E-state index in [0.29, 0.717) is 28.4 Å². The molecule has 158 valence electrons. The molecule has 0 bridgehead atoms. The molecule has 2 amide bonds. The summed E-state index contributed by atoms with van der Waals surface area (Å²) in [5.74, 6) is 0.928. The second-order valence-corrected chi connectivity index (χ2v) is 7.99. The molecule has 1 saturated heterocycles. The van der Waals surface area contributed by atoms with Crippen LogP contribution in [0.4, 0.5) is 20.8 Å². The third-order valence-electron chi connectivity index (χ3n) is 5.26. The van der Waals surface area contributed by atoms with Gasteiger partial charge in [0, 0.05) is 30.1 Å². The maximum absolute atomic E-state index is 13.6. The van der Waals surface area contributed by atoms with Crippen LogP contribution < -0.4 is 21.3 Å².